The van der Waals surface area contributed by atoms with Gasteiger partial charge in [-0.3, -0.25) is 4.98 Å². The highest BCUT2D eigenvalue weighted by Gasteiger charge is 2.18. The second-order valence-corrected chi connectivity index (χ2v) is 3.76. The van der Waals surface area contributed by atoms with Crippen LogP contribution in [0.3, 0.4) is 0 Å². The molecule has 0 spiro atoms. The number of aromatic nitrogens is 1. The van der Waals surface area contributed by atoms with Crippen molar-refractivity contribution in [2.75, 3.05) is 0 Å². The van der Waals surface area contributed by atoms with E-state index in [4.69, 9.17) is 7.85 Å². The molecule has 0 bridgehead atoms. The van der Waals surface area contributed by atoms with E-state index in [2.05, 4.69) is 18.8 Å². The van der Waals surface area contributed by atoms with Crippen molar-refractivity contribution in [1.29, 1.82) is 0 Å². The zero-order chi connectivity index (χ0) is 9.73. The first-order chi connectivity index (χ1) is 6.17. The van der Waals surface area contributed by atoms with Crippen molar-refractivity contribution < 1.29 is 0 Å². The van der Waals surface area contributed by atoms with Gasteiger partial charge in [-0.25, -0.2) is 0 Å². The summed E-state index contributed by atoms with van der Waals surface area (Å²) in [4.78, 5) is 4.08. The molecular weight excluding hydrogens is 157 g/mol. The summed E-state index contributed by atoms with van der Waals surface area (Å²) in [6.45, 7) is 4.25. The molecule has 2 heteroatoms. The molecule has 0 N–H and O–H groups in total. The van der Waals surface area contributed by atoms with Gasteiger partial charge >= 0.3 is 0 Å². The van der Waals surface area contributed by atoms with E-state index in [1.807, 2.05) is 18.3 Å². The summed E-state index contributed by atoms with van der Waals surface area (Å²) in [5.74, 6) is 0. The third-order valence-corrected chi connectivity index (χ3v) is 2.37. The Morgan fingerprint density at radius 2 is 2.31 bits per heavy atom. The van der Waals surface area contributed by atoms with Crippen molar-refractivity contribution in [2.24, 2.45) is 0 Å². The van der Waals surface area contributed by atoms with Crippen molar-refractivity contribution in [3.8, 4) is 0 Å². The fourth-order valence-electron chi connectivity index (χ4n) is 1.39. The number of hydrogen-bond acceptors (Lipinski definition) is 1. The molecule has 0 saturated carbocycles. The van der Waals surface area contributed by atoms with Gasteiger partial charge < -0.3 is 0 Å². The van der Waals surface area contributed by atoms with Crippen LogP contribution in [0.2, 0.25) is 0 Å². The maximum atomic E-state index is 6.18. The highest BCUT2D eigenvalue weighted by atomic mass is 14.6. The molecule has 0 aliphatic carbocycles. The molecule has 0 amide bonds. The van der Waals surface area contributed by atoms with Crippen LogP contribution in [0, 0.1) is 0 Å². The largest absolute Gasteiger partial charge is 0.264 e. The molecule has 0 aromatic carbocycles. The Kier molecular flexibility index (Phi) is 3.53. The minimum Gasteiger partial charge on any atom is -0.264 e. The van der Waals surface area contributed by atoms with Gasteiger partial charge in [0.05, 0.1) is 7.85 Å². The highest BCUT2D eigenvalue weighted by molar-refractivity contribution is 6.15. The molecule has 0 saturated heterocycles. The van der Waals surface area contributed by atoms with E-state index in [1.54, 1.807) is 6.20 Å². The van der Waals surface area contributed by atoms with Gasteiger partial charge in [-0.15, -0.1) is 0 Å². The van der Waals surface area contributed by atoms with Crippen molar-refractivity contribution in [3.63, 3.8) is 0 Å². The van der Waals surface area contributed by atoms with Gasteiger partial charge in [0.1, 0.15) is 0 Å². The fraction of sp³-hybridized carbons (Fsp3) is 0.545. The lowest BCUT2D eigenvalue weighted by atomic mass is 9.63. The summed E-state index contributed by atoms with van der Waals surface area (Å²) < 4.78 is 0. The van der Waals surface area contributed by atoms with Gasteiger partial charge in [0.25, 0.3) is 0 Å². The second-order valence-electron chi connectivity index (χ2n) is 3.76. The molecule has 1 atom stereocenters. The third-order valence-electron chi connectivity index (χ3n) is 2.37. The summed E-state index contributed by atoms with van der Waals surface area (Å²) in [7, 11) is 6.18. The highest BCUT2D eigenvalue weighted by Crippen LogP contribution is 2.24. The van der Waals surface area contributed by atoms with E-state index < -0.39 is 0 Å². The molecule has 0 aliphatic rings. The van der Waals surface area contributed by atoms with Crippen LogP contribution in [0.15, 0.2) is 24.5 Å². The molecule has 68 valence electrons. The van der Waals surface area contributed by atoms with E-state index in [-0.39, 0.29) is 5.31 Å². The Hall–Kier alpha value is -0.785. The van der Waals surface area contributed by atoms with Gasteiger partial charge in [0.2, 0.25) is 0 Å². The molecule has 1 unspecified atom stereocenters. The van der Waals surface area contributed by atoms with Crippen molar-refractivity contribution in [2.45, 2.75) is 38.4 Å². The number of pyridine rings is 1. The quantitative estimate of drug-likeness (QED) is 0.637. The van der Waals surface area contributed by atoms with E-state index in [9.17, 15) is 0 Å². The normalized spacial score (nSPS) is 15.2. The number of nitrogens with zero attached hydrogens (tertiary/aromatic N) is 1. The molecule has 0 fully saturated rings. The summed E-state index contributed by atoms with van der Waals surface area (Å²) >= 11 is 0. The lowest BCUT2D eigenvalue weighted by Gasteiger charge is -2.25. The molecule has 1 aromatic heterocycles. The predicted molar refractivity (Wildman–Crippen MR) is 56.9 cm³/mol. The average Bonchev–Trinajstić information content (AvgIpc) is 2.16. The lowest BCUT2D eigenvalue weighted by molar-refractivity contribution is 0.565. The lowest BCUT2D eigenvalue weighted by Crippen LogP contribution is -2.21. The standard InChI is InChI=1S/C11H16BN/c1-3-4-7-11(2,12)10-6-5-8-13-9-10/h5-6,8-9H,3-4,7H2,1-2H3. The molecule has 1 nitrogen and oxygen atoms in total. The minimum absolute atomic E-state index is 0.218. The minimum atomic E-state index is -0.218. The van der Waals surface area contributed by atoms with E-state index in [0.717, 1.165) is 12.0 Å². The smallest absolute Gasteiger partial charge is 0.0807 e. The maximum Gasteiger partial charge on any atom is 0.0807 e. The zero-order valence-corrected chi connectivity index (χ0v) is 8.46. The Labute approximate surface area is 82.0 Å². The van der Waals surface area contributed by atoms with Gasteiger partial charge in [-0.2, -0.15) is 0 Å². The van der Waals surface area contributed by atoms with Crippen molar-refractivity contribution in [3.05, 3.63) is 30.1 Å². The van der Waals surface area contributed by atoms with Crippen molar-refractivity contribution in [1.82, 2.24) is 4.98 Å². The SMILES string of the molecule is [B]C(C)(CCCC)c1cccnc1. The summed E-state index contributed by atoms with van der Waals surface area (Å²) in [6.07, 6.45) is 7.01. The van der Waals surface area contributed by atoms with Crippen LogP contribution in [0.5, 0.6) is 0 Å². The van der Waals surface area contributed by atoms with Gasteiger partial charge in [0, 0.05) is 12.4 Å². The van der Waals surface area contributed by atoms with Crippen LogP contribution in [-0.2, 0) is 5.31 Å². The summed E-state index contributed by atoms with van der Waals surface area (Å²) in [6, 6.07) is 3.98. The summed E-state index contributed by atoms with van der Waals surface area (Å²) in [5, 5.41) is -0.218. The van der Waals surface area contributed by atoms with E-state index in [1.165, 1.54) is 12.8 Å². The van der Waals surface area contributed by atoms with Gasteiger partial charge in [-0.1, -0.05) is 39.2 Å². The van der Waals surface area contributed by atoms with Crippen LogP contribution in [-0.4, -0.2) is 12.8 Å². The van der Waals surface area contributed by atoms with Gasteiger partial charge in [0.15, 0.2) is 0 Å². The molecule has 0 aliphatic heterocycles. The van der Waals surface area contributed by atoms with E-state index in [0.29, 0.717) is 0 Å². The third kappa shape index (κ3) is 2.87. The Morgan fingerprint density at radius 1 is 1.54 bits per heavy atom. The Bertz CT molecular complexity index is 244. The maximum absolute atomic E-state index is 6.18. The number of unbranched alkanes of at least 4 members (excludes halogenated alkanes) is 1. The molecule has 1 rings (SSSR count). The molecule has 1 heterocycles. The molecule has 2 radical (unpaired) electrons. The van der Waals surface area contributed by atoms with Crippen LogP contribution in [0.4, 0.5) is 0 Å². The first kappa shape index (κ1) is 10.3. The first-order valence-electron chi connectivity index (χ1n) is 4.86. The first-order valence-corrected chi connectivity index (χ1v) is 4.86. The molecule has 1 aromatic rings. The van der Waals surface area contributed by atoms with Crippen LogP contribution in [0.1, 0.15) is 38.7 Å². The monoisotopic (exact) mass is 173 g/mol. The van der Waals surface area contributed by atoms with Crippen molar-refractivity contribution >= 4 is 7.85 Å². The Morgan fingerprint density at radius 3 is 2.85 bits per heavy atom. The average molecular weight is 173 g/mol. The summed E-state index contributed by atoms with van der Waals surface area (Å²) in [5.41, 5.74) is 1.13. The molecular formula is C11H16BN. The van der Waals surface area contributed by atoms with Gasteiger partial charge in [-0.05, 0) is 16.9 Å². The topological polar surface area (TPSA) is 12.9 Å². The predicted octanol–water partition coefficient (Wildman–Crippen LogP) is 2.66. The number of rotatable bonds is 4. The van der Waals surface area contributed by atoms with Crippen LogP contribution >= 0.6 is 0 Å². The van der Waals surface area contributed by atoms with Crippen LogP contribution < -0.4 is 0 Å². The molecule has 13 heavy (non-hydrogen) atoms. The van der Waals surface area contributed by atoms with E-state index >= 15 is 0 Å². The Balaban J connectivity index is 2.69. The second kappa shape index (κ2) is 4.45. The number of hydrogen-bond donors (Lipinski definition) is 0. The zero-order valence-electron chi connectivity index (χ0n) is 8.46. The fourth-order valence-corrected chi connectivity index (χ4v) is 1.39. The van der Waals surface area contributed by atoms with Crippen LogP contribution in [0.25, 0.3) is 0 Å².